The van der Waals surface area contributed by atoms with E-state index in [2.05, 4.69) is 0 Å². The molecule has 0 radical (unpaired) electrons. The smallest absolute Gasteiger partial charge is 0.269 e. The van der Waals surface area contributed by atoms with Gasteiger partial charge in [-0.15, -0.1) is 0 Å². The topological polar surface area (TPSA) is 80.5 Å². The molecule has 0 saturated carbocycles. The van der Waals surface area contributed by atoms with Crippen molar-refractivity contribution in [2.24, 2.45) is 0 Å². The van der Waals surface area contributed by atoms with Crippen molar-refractivity contribution < 1.29 is 14.5 Å². The SMILES string of the molecule is CC(=O)N1c2ccccc2C(=O)[C@]1(CC=C(C)C)Cc1ccc([N+](=O)[O-])cc1. The summed E-state index contributed by atoms with van der Waals surface area (Å²) in [6, 6.07) is 13.3. The fourth-order valence-corrected chi connectivity index (χ4v) is 3.78. The van der Waals surface area contributed by atoms with Gasteiger partial charge < -0.3 is 0 Å². The highest BCUT2D eigenvalue weighted by atomic mass is 16.6. The molecule has 0 fully saturated rings. The number of fused-ring (bicyclic) bond motifs is 1. The maximum absolute atomic E-state index is 13.5. The summed E-state index contributed by atoms with van der Waals surface area (Å²) in [5.74, 6) is -0.309. The van der Waals surface area contributed by atoms with Crippen LogP contribution in [0.2, 0.25) is 0 Å². The number of anilines is 1. The summed E-state index contributed by atoms with van der Waals surface area (Å²) in [4.78, 5) is 38.2. The molecule has 1 amide bonds. The fourth-order valence-electron chi connectivity index (χ4n) is 3.78. The molecule has 144 valence electrons. The summed E-state index contributed by atoms with van der Waals surface area (Å²) in [5.41, 5.74) is 1.87. The normalized spacial score (nSPS) is 18.0. The van der Waals surface area contributed by atoms with Crippen LogP contribution >= 0.6 is 0 Å². The lowest BCUT2D eigenvalue weighted by molar-refractivity contribution is -0.384. The Hall–Kier alpha value is -3.28. The zero-order valence-electron chi connectivity index (χ0n) is 16.1. The molecule has 0 bridgehead atoms. The molecular formula is C22H22N2O4. The molecule has 2 aromatic carbocycles. The van der Waals surface area contributed by atoms with Gasteiger partial charge in [0.2, 0.25) is 5.91 Å². The van der Waals surface area contributed by atoms with Gasteiger partial charge in [-0.2, -0.15) is 0 Å². The largest absolute Gasteiger partial charge is 0.298 e. The minimum Gasteiger partial charge on any atom is -0.298 e. The van der Waals surface area contributed by atoms with E-state index in [-0.39, 0.29) is 23.8 Å². The molecule has 2 aromatic rings. The van der Waals surface area contributed by atoms with E-state index in [1.165, 1.54) is 19.1 Å². The number of Topliss-reactive ketones (excluding diaryl/α,β-unsaturated/α-hetero) is 1. The number of allylic oxidation sites excluding steroid dienone is 1. The predicted octanol–water partition coefficient (Wildman–Crippen LogP) is 4.48. The maximum atomic E-state index is 13.5. The Balaban J connectivity index is 2.12. The molecule has 0 unspecified atom stereocenters. The van der Waals surface area contributed by atoms with Gasteiger partial charge in [0.05, 0.1) is 10.6 Å². The average molecular weight is 378 g/mol. The van der Waals surface area contributed by atoms with Crippen LogP contribution < -0.4 is 4.90 Å². The first kappa shape index (κ1) is 19.5. The van der Waals surface area contributed by atoms with Crippen molar-refractivity contribution in [1.29, 1.82) is 0 Å². The minimum atomic E-state index is -1.08. The van der Waals surface area contributed by atoms with Crippen molar-refractivity contribution >= 4 is 23.1 Å². The fraction of sp³-hybridized carbons (Fsp3) is 0.273. The third-order valence-electron chi connectivity index (χ3n) is 5.05. The predicted molar refractivity (Wildman–Crippen MR) is 108 cm³/mol. The Morgan fingerprint density at radius 2 is 1.75 bits per heavy atom. The van der Waals surface area contributed by atoms with Crippen molar-refractivity contribution in [2.75, 3.05) is 4.90 Å². The molecular weight excluding hydrogens is 356 g/mol. The number of nitro benzene ring substituents is 1. The molecule has 0 saturated heterocycles. The molecule has 6 nitrogen and oxygen atoms in total. The molecule has 1 heterocycles. The van der Waals surface area contributed by atoms with Crippen LogP contribution in [0.15, 0.2) is 60.2 Å². The number of carbonyl (C=O) groups is 2. The quantitative estimate of drug-likeness (QED) is 0.436. The third kappa shape index (κ3) is 3.33. The van der Waals surface area contributed by atoms with Gasteiger partial charge in [0.15, 0.2) is 5.78 Å². The molecule has 1 aliphatic rings. The second kappa shape index (κ2) is 7.38. The van der Waals surface area contributed by atoms with Crippen molar-refractivity contribution in [3.63, 3.8) is 0 Å². The summed E-state index contributed by atoms with van der Waals surface area (Å²) < 4.78 is 0. The van der Waals surface area contributed by atoms with Crippen molar-refractivity contribution in [1.82, 2.24) is 0 Å². The number of rotatable bonds is 5. The number of non-ortho nitro benzene ring substituents is 1. The van der Waals surface area contributed by atoms with Gasteiger partial charge in [-0.1, -0.05) is 35.9 Å². The highest BCUT2D eigenvalue weighted by Crippen LogP contribution is 2.43. The van der Waals surface area contributed by atoms with Gasteiger partial charge in [-0.05, 0) is 38.0 Å². The van der Waals surface area contributed by atoms with Gasteiger partial charge in [0.1, 0.15) is 5.54 Å². The van der Waals surface area contributed by atoms with Crippen molar-refractivity contribution in [2.45, 2.75) is 39.2 Å². The molecule has 6 heteroatoms. The monoisotopic (exact) mass is 378 g/mol. The zero-order valence-corrected chi connectivity index (χ0v) is 16.1. The van der Waals surface area contributed by atoms with Crippen LogP contribution in [0.4, 0.5) is 11.4 Å². The molecule has 1 atom stereocenters. The van der Waals surface area contributed by atoms with Crippen LogP contribution in [0.1, 0.15) is 43.1 Å². The second-order valence-electron chi connectivity index (χ2n) is 7.32. The molecule has 0 aliphatic carbocycles. The van der Waals surface area contributed by atoms with E-state index in [1.54, 1.807) is 35.2 Å². The Labute approximate surface area is 163 Å². The number of carbonyl (C=O) groups excluding carboxylic acids is 2. The van der Waals surface area contributed by atoms with E-state index in [0.29, 0.717) is 17.7 Å². The Morgan fingerprint density at radius 3 is 2.32 bits per heavy atom. The van der Waals surface area contributed by atoms with Crippen LogP contribution in [0.25, 0.3) is 0 Å². The van der Waals surface area contributed by atoms with E-state index < -0.39 is 10.5 Å². The van der Waals surface area contributed by atoms with E-state index in [1.807, 2.05) is 26.0 Å². The second-order valence-corrected chi connectivity index (χ2v) is 7.32. The number of nitro groups is 1. The Kier molecular flexibility index (Phi) is 5.14. The molecule has 0 N–H and O–H groups in total. The van der Waals surface area contributed by atoms with E-state index in [4.69, 9.17) is 0 Å². The van der Waals surface area contributed by atoms with Gasteiger partial charge in [-0.25, -0.2) is 0 Å². The van der Waals surface area contributed by atoms with Gasteiger partial charge in [0.25, 0.3) is 5.69 Å². The number of ketones is 1. The summed E-state index contributed by atoms with van der Waals surface area (Å²) >= 11 is 0. The summed E-state index contributed by atoms with van der Waals surface area (Å²) in [5, 5.41) is 10.9. The van der Waals surface area contributed by atoms with Crippen molar-refractivity contribution in [3.8, 4) is 0 Å². The Bertz CT molecular complexity index is 974. The highest BCUT2D eigenvalue weighted by Gasteiger charge is 2.52. The van der Waals surface area contributed by atoms with E-state index in [0.717, 1.165) is 11.1 Å². The lowest BCUT2D eigenvalue weighted by atomic mass is 9.82. The summed E-state index contributed by atoms with van der Waals surface area (Å²) in [7, 11) is 0. The average Bonchev–Trinajstić information content (AvgIpc) is 2.89. The number of amides is 1. The van der Waals surface area contributed by atoms with Gasteiger partial charge in [-0.3, -0.25) is 24.6 Å². The van der Waals surface area contributed by atoms with Crippen LogP contribution in [0, 0.1) is 10.1 Å². The van der Waals surface area contributed by atoms with Crippen molar-refractivity contribution in [3.05, 3.63) is 81.4 Å². The highest BCUT2D eigenvalue weighted by molar-refractivity contribution is 6.20. The number of para-hydroxylation sites is 1. The molecule has 0 spiro atoms. The van der Waals surface area contributed by atoms with Gasteiger partial charge >= 0.3 is 0 Å². The maximum Gasteiger partial charge on any atom is 0.269 e. The first-order valence-electron chi connectivity index (χ1n) is 9.07. The van der Waals surface area contributed by atoms with Gasteiger partial charge in [0, 0.05) is 31.0 Å². The standard InChI is InChI=1S/C22H22N2O4/c1-15(2)12-13-22(14-17-8-10-18(11-9-17)24(27)28)21(26)19-6-4-5-7-20(19)23(22)16(3)25/h4-12H,13-14H2,1-3H3/t22-/m0/s1. The number of hydrogen-bond acceptors (Lipinski definition) is 4. The minimum absolute atomic E-state index is 0.00782. The first-order chi connectivity index (χ1) is 13.3. The van der Waals surface area contributed by atoms with Crippen LogP contribution in [-0.2, 0) is 11.2 Å². The molecule has 0 aromatic heterocycles. The van der Waals surface area contributed by atoms with E-state index in [9.17, 15) is 19.7 Å². The Morgan fingerprint density at radius 1 is 1.11 bits per heavy atom. The zero-order chi connectivity index (χ0) is 20.5. The number of benzene rings is 2. The molecule has 1 aliphatic heterocycles. The van der Waals surface area contributed by atoms with E-state index >= 15 is 0 Å². The molecule has 28 heavy (non-hydrogen) atoms. The number of hydrogen-bond donors (Lipinski definition) is 0. The lowest BCUT2D eigenvalue weighted by Crippen LogP contribution is -2.54. The van der Waals surface area contributed by atoms with Crippen LogP contribution in [-0.4, -0.2) is 22.2 Å². The van der Waals surface area contributed by atoms with Crippen LogP contribution in [0.5, 0.6) is 0 Å². The third-order valence-corrected chi connectivity index (χ3v) is 5.05. The summed E-state index contributed by atoms with van der Waals surface area (Å²) in [6.07, 6.45) is 2.62. The van der Waals surface area contributed by atoms with Crippen LogP contribution in [0.3, 0.4) is 0 Å². The summed E-state index contributed by atoms with van der Waals surface area (Å²) in [6.45, 7) is 5.36. The lowest BCUT2D eigenvalue weighted by Gasteiger charge is -2.36. The number of nitrogens with zero attached hydrogens (tertiary/aromatic N) is 2. The first-order valence-corrected chi connectivity index (χ1v) is 9.07. The molecule has 3 rings (SSSR count).